The molecule has 4 heteroatoms. The second kappa shape index (κ2) is 4.52. The second-order valence-electron chi connectivity index (χ2n) is 3.50. The largest absolute Gasteiger partial charge is 0.372 e. The topological polar surface area (TPSA) is 38.7 Å². The minimum absolute atomic E-state index is 0.162. The third-order valence-corrected chi connectivity index (χ3v) is 3.15. The third-order valence-electron chi connectivity index (χ3n) is 2.86. The van der Waals surface area contributed by atoms with Gasteiger partial charge >= 0.3 is 0 Å². The molecule has 0 aromatic carbocycles. The molecule has 0 amide bonds. The normalized spacial score (nSPS) is 43.0. The first-order valence-corrected chi connectivity index (χ1v) is 5.18. The summed E-state index contributed by atoms with van der Waals surface area (Å²) in [6.07, 6.45) is 0.477. The lowest BCUT2D eigenvalue weighted by atomic mass is 9.91. The minimum Gasteiger partial charge on any atom is -0.372 e. The summed E-state index contributed by atoms with van der Waals surface area (Å²) in [6.45, 7) is 6.96. The van der Waals surface area contributed by atoms with Crippen LogP contribution in [0.25, 0.3) is 0 Å². The van der Waals surface area contributed by atoms with Crippen LogP contribution in [0.5, 0.6) is 0 Å². The maximum absolute atomic E-state index is 8.49. The van der Waals surface area contributed by atoms with Crippen molar-refractivity contribution in [3.63, 3.8) is 0 Å². The van der Waals surface area contributed by atoms with Crippen molar-refractivity contribution in [1.82, 2.24) is 0 Å². The fraction of sp³-hybridized carbons (Fsp3) is 1.00. The van der Waals surface area contributed by atoms with E-state index in [9.17, 15) is 0 Å². The molecule has 0 aliphatic carbocycles. The van der Waals surface area contributed by atoms with E-state index < -0.39 is 9.03 Å². The first-order valence-electron chi connectivity index (χ1n) is 4.33. The van der Waals surface area contributed by atoms with Crippen LogP contribution in [0.4, 0.5) is 0 Å². The molecule has 12 heavy (non-hydrogen) atoms. The van der Waals surface area contributed by atoms with Crippen molar-refractivity contribution in [2.24, 2.45) is 11.8 Å². The molecule has 72 valence electrons. The van der Waals surface area contributed by atoms with Crippen molar-refractivity contribution in [2.75, 3.05) is 6.61 Å². The fourth-order valence-corrected chi connectivity index (χ4v) is 1.84. The van der Waals surface area contributed by atoms with Crippen LogP contribution in [-0.4, -0.2) is 23.7 Å². The molecule has 0 radical (unpaired) electrons. The highest BCUT2D eigenvalue weighted by molar-refractivity contribution is 7.24. The summed E-state index contributed by atoms with van der Waals surface area (Å²) < 4.78 is 10.6. The zero-order chi connectivity index (χ0) is 9.14. The van der Waals surface area contributed by atoms with Crippen LogP contribution in [0, 0.1) is 11.8 Å². The van der Waals surface area contributed by atoms with Crippen LogP contribution in [0.2, 0.25) is 0 Å². The molecule has 3 nitrogen and oxygen atoms in total. The molecule has 1 aliphatic rings. The van der Waals surface area contributed by atoms with E-state index in [4.69, 9.17) is 14.2 Å². The highest BCUT2D eigenvalue weighted by atomic mass is 31.1. The van der Waals surface area contributed by atoms with E-state index in [0.717, 1.165) is 0 Å². The van der Waals surface area contributed by atoms with Gasteiger partial charge in [0.05, 0.1) is 18.8 Å². The molecule has 0 spiro atoms. The SMILES string of the molecule is CC1OC(COPO)C(C)C1C. The monoisotopic (exact) mass is 192 g/mol. The van der Waals surface area contributed by atoms with Gasteiger partial charge in [0.2, 0.25) is 0 Å². The van der Waals surface area contributed by atoms with Crippen molar-refractivity contribution in [1.29, 1.82) is 0 Å². The van der Waals surface area contributed by atoms with Gasteiger partial charge in [-0.1, -0.05) is 13.8 Å². The predicted octanol–water partition coefficient (Wildman–Crippen LogP) is 1.56. The highest BCUT2D eigenvalue weighted by Gasteiger charge is 2.36. The predicted molar refractivity (Wildman–Crippen MR) is 49.1 cm³/mol. The van der Waals surface area contributed by atoms with Crippen molar-refractivity contribution in [3.8, 4) is 0 Å². The standard InChI is InChI=1S/C8H17O3P/c1-5-6(2)8(4-10-12-9)11-7(5)3/h5-9,12H,4H2,1-3H3. The quantitative estimate of drug-likeness (QED) is 0.690. The Bertz CT molecular complexity index is 142. The van der Waals surface area contributed by atoms with Crippen LogP contribution in [0.3, 0.4) is 0 Å². The van der Waals surface area contributed by atoms with Crippen LogP contribution in [0.1, 0.15) is 20.8 Å². The van der Waals surface area contributed by atoms with Gasteiger partial charge in [-0.2, -0.15) is 0 Å². The molecule has 1 aliphatic heterocycles. The van der Waals surface area contributed by atoms with E-state index in [0.29, 0.717) is 24.5 Å². The maximum Gasteiger partial charge on any atom is 0.152 e. The van der Waals surface area contributed by atoms with E-state index in [1.54, 1.807) is 0 Å². The van der Waals surface area contributed by atoms with Gasteiger partial charge in [-0.15, -0.1) is 0 Å². The Morgan fingerprint density at radius 3 is 2.42 bits per heavy atom. The smallest absolute Gasteiger partial charge is 0.152 e. The fourth-order valence-electron chi connectivity index (χ4n) is 1.60. The highest BCUT2D eigenvalue weighted by Crippen LogP contribution is 2.32. The van der Waals surface area contributed by atoms with Gasteiger partial charge in [-0.25, -0.2) is 0 Å². The molecule has 1 saturated heterocycles. The summed E-state index contributed by atoms with van der Waals surface area (Å²) in [5.41, 5.74) is 0. The Balaban J connectivity index is 2.36. The molecule has 5 atom stereocenters. The lowest BCUT2D eigenvalue weighted by Crippen LogP contribution is -2.20. The van der Waals surface area contributed by atoms with Crippen molar-refractivity contribution >= 4 is 9.03 Å². The van der Waals surface area contributed by atoms with E-state index in [-0.39, 0.29) is 6.10 Å². The minimum atomic E-state index is -0.422. The third kappa shape index (κ3) is 2.17. The van der Waals surface area contributed by atoms with Gasteiger partial charge in [0.25, 0.3) is 0 Å². The lowest BCUT2D eigenvalue weighted by Gasteiger charge is -2.14. The molecular formula is C8H17O3P. The molecule has 1 heterocycles. The Hall–Kier alpha value is 0.310. The summed E-state index contributed by atoms with van der Waals surface area (Å²) >= 11 is 0. The first-order chi connectivity index (χ1) is 5.66. The summed E-state index contributed by atoms with van der Waals surface area (Å²) in [4.78, 5) is 8.49. The van der Waals surface area contributed by atoms with Crippen LogP contribution in [-0.2, 0) is 9.26 Å². The Morgan fingerprint density at radius 2 is 2.00 bits per heavy atom. The molecular weight excluding hydrogens is 175 g/mol. The summed E-state index contributed by atoms with van der Waals surface area (Å²) in [5, 5.41) is 0. The second-order valence-corrected chi connectivity index (χ2v) is 3.97. The van der Waals surface area contributed by atoms with Gasteiger partial charge < -0.3 is 14.2 Å². The van der Waals surface area contributed by atoms with Gasteiger partial charge in [0, 0.05) is 0 Å². The van der Waals surface area contributed by atoms with Crippen LogP contribution >= 0.6 is 9.03 Å². The summed E-state index contributed by atoms with van der Waals surface area (Å²) in [5.74, 6) is 1.11. The van der Waals surface area contributed by atoms with Gasteiger partial charge in [-0.05, 0) is 18.8 Å². The van der Waals surface area contributed by atoms with E-state index in [1.807, 2.05) is 0 Å². The molecule has 1 N–H and O–H groups in total. The van der Waals surface area contributed by atoms with Crippen molar-refractivity contribution in [2.45, 2.75) is 33.0 Å². The maximum atomic E-state index is 8.49. The summed E-state index contributed by atoms with van der Waals surface area (Å²) in [7, 11) is -0.422. The van der Waals surface area contributed by atoms with E-state index in [2.05, 4.69) is 20.8 Å². The first kappa shape index (κ1) is 10.4. The molecule has 1 rings (SSSR count). The molecule has 0 aromatic heterocycles. The van der Waals surface area contributed by atoms with E-state index in [1.165, 1.54) is 0 Å². The number of hydrogen-bond acceptors (Lipinski definition) is 3. The molecule has 1 fully saturated rings. The van der Waals surface area contributed by atoms with E-state index >= 15 is 0 Å². The Morgan fingerprint density at radius 1 is 1.33 bits per heavy atom. The van der Waals surface area contributed by atoms with Crippen LogP contribution in [0.15, 0.2) is 0 Å². The zero-order valence-electron chi connectivity index (χ0n) is 7.78. The Kier molecular flexibility index (Phi) is 3.91. The van der Waals surface area contributed by atoms with Crippen LogP contribution < -0.4 is 0 Å². The van der Waals surface area contributed by atoms with Gasteiger partial charge in [0.1, 0.15) is 0 Å². The Labute approximate surface area is 75.4 Å². The van der Waals surface area contributed by atoms with Gasteiger partial charge in [0.15, 0.2) is 9.03 Å². The number of hydrogen-bond donors (Lipinski definition) is 1. The molecule has 0 bridgehead atoms. The molecule has 0 saturated carbocycles. The van der Waals surface area contributed by atoms with Crippen molar-refractivity contribution < 1.29 is 14.2 Å². The van der Waals surface area contributed by atoms with Gasteiger partial charge in [-0.3, -0.25) is 0 Å². The lowest BCUT2D eigenvalue weighted by molar-refractivity contribution is 0.0146. The zero-order valence-corrected chi connectivity index (χ0v) is 8.78. The average Bonchev–Trinajstić information content (AvgIpc) is 2.30. The van der Waals surface area contributed by atoms with Crippen molar-refractivity contribution in [3.05, 3.63) is 0 Å². The number of ether oxygens (including phenoxy) is 1. The summed E-state index contributed by atoms with van der Waals surface area (Å²) in [6, 6.07) is 0. The average molecular weight is 192 g/mol. The number of rotatable bonds is 3. The molecule has 0 aromatic rings. The molecule has 5 unspecified atom stereocenters.